The van der Waals surface area contributed by atoms with Crippen molar-refractivity contribution in [1.82, 2.24) is 9.36 Å². The number of rotatable bonds is 3. The fourth-order valence-electron chi connectivity index (χ4n) is 1.83. The maximum absolute atomic E-state index is 5.98. The molecular weight excluding hydrogens is 252 g/mol. The summed E-state index contributed by atoms with van der Waals surface area (Å²) in [5, 5.41) is 4.18. The van der Waals surface area contributed by atoms with E-state index in [1.807, 2.05) is 12.3 Å². The Bertz CT molecular complexity index is 541. The van der Waals surface area contributed by atoms with Gasteiger partial charge in [-0.25, -0.2) is 4.98 Å². The van der Waals surface area contributed by atoms with Crippen LogP contribution >= 0.6 is 22.9 Å². The Balaban J connectivity index is 2.05. The molecule has 0 bridgehead atoms. The third kappa shape index (κ3) is 1.91. The van der Waals surface area contributed by atoms with Crippen LogP contribution in [0.15, 0.2) is 5.38 Å². The first-order valence-electron chi connectivity index (χ1n) is 5.57. The molecule has 17 heavy (non-hydrogen) atoms. The number of nitrogens with zero attached hydrogens (tertiary/aromatic N) is 3. The third-order valence-corrected chi connectivity index (χ3v) is 4.88. The van der Waals surface area contributed by atoms with Gasteiger partial charge < -0.3 is 10.6 Å². The summed E-state index contributed by atoms with van der Waals surface area (Å²) in [4.78, 5) is 6.81. The highest BCUT2D eigenvalue weighted by molar-refractivity contribution is 7.15. The van der Waals surface area contributed by atoms with E-state index in [9.17, 15) is 0 Å². The van der Waals surface area contributed by atoms with Gasteiger partial charge in [0, 0.05) is 24.2 Å². The van der Waals surface area contributed by atoms with Gasteiger partial charge in [-0.3, -0.25) is 0 Å². The molecule has 1 fully saturated rings. The highest BCUT2D eigenvalue weighted by Crippen LogP contribution is 2.43. The van der Waals surface area contributed by atoms with Gasteiger partial charge >= 0.3 is 0 Å². The molecule has 2 aromatic heterocycles. The van der Waals surface area contributed by atoms with Gasteiger partial charge in [-0.1, -0.05) is 0 Å². The van der Waals surface area contributed by atoms with Crippen LogP contribution < -0.4 is 10.6 Å². The van der Waals surface area contributed by atoms with E-state index in [0.717, 1.165) is 21.3 Å². The summed E-state index contributed by atoms with van der Waals surface area (Å²) in [7, 11) is 2.12. The van der Waals surface area contributed by atoms with E-state index < -0.39 is 0 Å². The van der Waals surface area contributed by atoms with Crippen molar-refractivity contribution in [1.29, 1.82) is 0 Å². The Labute approximate surface area is 108 Å². The van der Waals surface area contributed by atoms with Crippen molar-refractivity contribution in [3.05, 3.63) is 11.1 Å². The van der Waals surface area contributed by atoms with Crippen LogP contribution in [0.1, 0.15) is 18.5 Å². The zero-order valence-corrected chi connectivity index (χ0v) is 11.4. The molecule has 0 saturated heterocycles. The molecule has 0 atom stereocenters. The number of nitrogen functional groups attached to an aromatic ring is 1. The largest absolute Gasteiger partial charge is 0.382 e. The van der Waals surface area contributed by atoms with Crippen LogP contribution in [0, 0.1) is 6.92 Å². The predicted molar refractivity (Wildman–Crippen MR) is 73.8 cm³/mol. The first kappa shape index (κ1) is 11.0. The van der Waals surface area contributed by atoms with Gasteiger partial charge in [-0.2, -0.15) is 4.37 Å². The Morgan fingerprint density at radius 1 is 1.47 bits per heavy atom. The van der Waals surface area contributed by atoms with E-state index in [4.69, 9.17) is 5.73 Å². The fourth-order valence-corrected chi connectivity index (χ4v) is 3.59. The third-order valence-electron chi connectivity index (χ3n) is 2.95. The molecule has 0 spiro atoms. The van der Waals surface area contributed by atoms with Crippen molar-refractivity contribution >= 4 is 33.7 Å². The molecule has 3 rings (SSSR count). The van der Waals surface area contributed by atoms with Crippen LogP contribution in [0.4, 0.5) is 10.8 Å². The van der Waals surface area contributed by atoms with Crippen molar-refractivity contribution < 1.29 is 0 Å². The molecule has 0 radical (unpaired) electrons. The lowest BCUT2D eigenvalue weighted by molar-refractivity contribution is 0.930. The van der Waals surface area contributed by atoms with E-state index >= 15 is 0 Å². The standard InChI is InChI=1S/C11H14N4S2/c1-6-5-16-10(13-6)8-9(12)14-17-11(8)15(2)7-3-4-7/h5,7H,3-4H2,1-2H3,(H2,12,14). The fraction of sp³-hybridized carbons (Fsp3) is 0.455. The van der Waals surface area contributed by atoms with E-state index in [0.29, 0.717) is 11.9 Å². The quantitative estimate of drug-likeness (QED) is 0.928. The summed E-state index contributed by atoms with van der Waals surface area (Å²) in [6, 6.07) is 0.662. The molecule has 0 aliphatic heterocycles. The Morgan fingerprint density at radius 2 is 2.24 bits per heavy atom. The Kier molecular flexibility index (Phi) is 2.56. The summed E-state index contributed by atoms with van der Waals surface area (Å²) in [5.41, 5.74) is 8.03. The van der Waals surface area contributed by atoms with Crippen molar-refractivity contribution in [2.75, 3.05) is 17.7 Å². The van der Waals surface area contributed by atoms with E-state index in [1.165, 1.54) is 24.4 Å². The van der Waals surface area contributed by atoms with Crippen molar-refractivity contribution in [3.8, 4) is 10.6 Å². The normalized spacial score (nSPS) is 15.2. The lowest BCUT2D eigenvalue weighted by Gasteiger charge is -2.16. The van der Waals surface area contributed by atoms with Gasteiger partial charge in [-0.05, 0) is 31.3 Å². The summed E-state index contributed by atoms with van der Waals surface area (Å²) < 4.78 is 4.28. The monoisotopic (exact) mass is 266 g/mol. The summed E-state index contributed by atoms with van der Waals surface area (Å²) in [5.74, 6) is 0.604. The average Bonchev–Trinajstić information content (AvgIpc) is 2.96. The second-order valence-corrected chi connectivity index (χ2v) is 5.99. The van der Waals surface area contributed by atoms with Gasteiger partial charge in [0.15, 0.2) is 0 Å². The molecule has 1 aliphatic carbocycles. The SMILES string of the molecule is Cc1csc(-c2c(N)nsc2N(C)C2CC2)n1. The Hall–Kier alpha value is -1.14. The summed E-state index contributed by atoms with van der Waals surface area (Å²) in [6.07, 6.45) is 2.54. The predicted octanol–water partition coefficient (Wildman–Crippen LogP) is 2.76. The topological polar surface area (TPSA) is 55.0 Å². The molecule has 0 unspecified atom stereocenters. The van der Waals surface area contributed by atoms with E-state index in [-0.39, 0.29) is 0 Å². The average molecular weight is 266 g/mol. The number of anilines is 2. The van der Waals surface area contributed by atoms with E-state index in [1.54, 1.807) is 11.3 Å². The van der Waals surface area contributed by atoms with Crippen LogP contribution in [0.25, 0.3) is 10.6 Å². The van der Waals surface area contributed by atoms with E-state index in [2.05, 4.69) is 21.3 Å². The number of thiazole rings is 1. The molecule has 0 aromatic carbocycles. The van der Waals surface area contributed by atoms with Gasteiger partial charge in [0.2, 0.25) is 0 Å². The molecule has 2 aromatic rings. The minimum Gasteiger partial charge on any atom is -0.382 e. The van der Waals surface area contributed by atoms with Crippen LogP contribution in [0.3, 0.4) is 0 Å². The molecule has 4 nitrogen and oxygen atoms in total. The van der Waals surface area contributed by atoms with Crippen LogP contribution in [-0.4, -0.2) is 22.4 Å². The number of hydrogen-bond acceptors (Lipinski definition) is 6. The van der Waals surface area contributed by atoms with Crippen LogP contribution in [0.2, 0.25) is 0 Å². The summed E-state index contributed by atoms with van der Waals surface area (Å²) in [6.45, 7) is 2.00. The number of nitrogens with two attached hydrogens (primary N) is 1. The second-order valence-electron chi connectivity index (χ2n) is 4.38. The molecular formula is C11H14N4S2. The molecule has 6 heteroatoms. The number of aromatic nitrogens is 2. The van der Waals surface area contributed by atoms with Crippen molar-refractivity contribution in [2.24, 2.45) is 0 Å². The van der Waals surface area contributed by atoms with Gasteiger partial charge in [0.25, 0.3) is 0 Å². The van der Waals surface area contributed by atoms with Crippen LogP contribution in [0.5, 0.6) is 0 Å². The smallest absolute Gasteiger partial charge is 0.149 e. The van der Waals surface area contributed by atoms with Crippen molar-refractivity contribution in [2.45, 2.75) is 25.8 Å². The molecule has 0 amide bonds. The van der Waals surface area contributed by atoms with Gasteiger partial charge in [0.1, 0.15) is 15.8 Å². The molecule has 2 heterocycles. The van der Waals surface area contributed by atoms with Crippen LogP contribution in [-0.2, 0) is 0 Å². The zero-order chi connectivity index (χ0) is 12.0. The summed E-state index contributed by atoms with van der Waals surface area (Å²) >= 11 is 3.11. The highest BCUT2D eigenvalue weighted by atomic mass is 32.1. The number of aryl methyl sites for hydroxylation is 1. The minimum atomic E-state index is 0.604. The molecule has 1 aliphatic rings. The van der Waals surface area contributed by atoms with Crippen molar-refractivity contribution in [3.63, 3.8) is 0 Å². The lowest BCUT2D eigenvalue weighted by atomic mass is 10.3. The maximum atomic E-state index is 5.98. The highest BCUT2D eigenvalue weighted by Gasteiger charge is 2.30. The first-order chi connectivity index (χ1) is 8.16. The van der Waals surface area contributed by atoms with Gasteiger partial charge in [-0.15, -0.1) is 11.3 Å². The maximum Gasteiger partial charge on any atom is 0.149 e. The lowest BCUT2D eigenvalue weighted by Crippen LogP contribution is -2.18. The first-order valence-corrected chi connectivity index (χ1v) is 7.22. The minimum absolute atomic E-state index is 0.604. The number of hydrogen-bond donors (Lipinski definition) is 1. The Morgan fingerprint density at radius 3 is 2.82 bits per heavy atom. The molecule has 2 N–H and O–H groups in total. The molecule has 1 saturated carbocycles. The second kappa shape index (κ2) is 3.96. The zero-order valence-electron chi connectivity index (χ0n) is 9.80. The van der Waals surface area contributed by atoms with Gasteiger partial charge in [0.05, 0.1) is 5.56 Å². The molecule has 90 valence electrons.